The number of sulfone groups is 1. The number of hydrogen-bond donors (Lipinski definition) is 1. The third-order valence-electron chi connectivity index (χ3n) is 4.68. The lowest BCUT2D eigenvalue weighted by molar-refractivity contribution is -0.121. The van der Waals surface area contributed by atoms with E-state index >= 15 is 0 Å². The van der Waals surface area contributed by atoms with Gasteiger partial charge in [-0.3, -0.25) is 9.59 Å². The summed E-state index contributed by atoms with van der Waals surface area (Å²) in [5, 5.41) is 1.99. The Balaban J connectivity index is 2.17. The summed E-state index contributed by atoms with van der Waals surface area (Å²) in [6.07, 6.45) is 1.37. The van der Waals surface area contributed by atoms with Gasteiger partial charge in [-0.25, -0.2) is 8.42 Å². The Labute approximate surface area is 149 Å². The number of anilines is 1. The minimum atomic E-state index is -3.60. The van der Waals surface area contributed by atoms with Crippen molar-refractivity contribution in [1.29, 1.82) is 0 Å². The molecular weight excluding hydrogens is 340 g/mol. The molecule has 25 heavy (non-hydrogen) atoms. The second kappa shape index (κ2) is 7.56. The largest absolute Gasteiger partial charge is 0.354 e. The van der Waals surface area contributed by atoms with Gasteiger partial charge in [0.1, 0.15) is 0 Å². The molecule has 0 aliphatic carbocycles. The summed E-state index contributed by atoms with van der Waals surface area (Å²) in [5.41, 5.74) is 1.63. The van der Waals surface area contributed by atoms with E-state index < -0.39 is 15.1 Å². The fraction of sp³-hybridized carbons (Fsp3) is 0.556. The highest BCUT2D eigenvalue weighted by atomic mass is 32.2. The fourth-order valence-electron chi connectivity index (χ4n) is 2.92. The van der Waals surface area contributed by atoms with Crippen LogP contribution in [0.2, 0.25) is 0 Å². The molecule has 0 spiro atoms. The number of nitrogens with zero attached hydrogens (tertiary/aromatic N) is 1. The van der Waals surface area contributed by atoms with Crippen molar-refractivity contribution >= 4 is 27.3 Å². The van der Waals surface area contributed by atoms with Crippen LogP contribution < -0.4 is 10.2 Å². The molecule has 0 aromatic heterocycles. The van der Waals surface area contributed by atoms with Crippen LogP contribution in [0.15, 0.2) is 23.1 Å². The molecule has 2 atom stereocenters. The zero-order chi connectivity index (χ0) is 18.8. The third-order valence-corrected chi connectivity index (χ3v) is 6.81. The molecular formula is C18H26N2O4S. The van der Waals surface area contributed by atoms with E-state index in [9.17, 15) is 18.0 Å². The summed E-state index contributed by atoms with van der Waals surface area (Å²) in [4.78, 5) is 25.4. The van der Waals surface area contributed by atoms with E-state index in [0.29, 0.717) is 13.0 Å². The highest BCUT2D eigenvalue weighted by molar-refractivity contribution is 7.92. The van der Waals surface area contributed by atoms with Crippen molar-refractivity contribution in [1.82, 2.24) is 5.32 Å². The SMILES string of the molecule is CC[C@@H](C)NC(=O)C[C@H](C)S(=O)(=O)c1ccc2c(c1)CCN2C(C)=O. The molecule has 1 aromatic carbocycles. The molecule has 0 saturated carbocycles. The van der Waals surface area contributed by atoms with Gasteiger partial charge in [0, 0.05) is 31.6 Å². The van der Waals surface area contributed by atoms with Crippen molar-refractivity contribution in [3.05, 3.63) is 23.8 Å². The van der Waals surface area contributed by atoms with Crippen LogP contribution in [-0.4, -0.2) is 38.1 Å². The summed E-state index contributed by atoms with van der Waals surface area (Å²) in [6.45, 7) is 7.47. The third kappa shape index (κ3) is 4.21. The molecule has 0 bridgehead atoms. The molecule has 1 aliphatic heterocycles. The molecule has 7 heteroatoms. The van der Waals surface area contributed by atoms with Crippen LogP contribution in [0.1, 0.15) is 46.1 Å². The van der Waals surface area contributed by atoms with Gasteiger partial charge in [-0.05, 0) is 50.5 Å². The standard InChI is InChI=1S/C18H26N2O4S/c1-5-12(2)19-18(22)10-13(3)25(23,24)16-6-7-17-15(11-16)8-9-20(17)14(4)21/h6-7,11-13H,5,8-10H2,1-4H3,(H,19,22)/t12-,13+/m1/s1. The molecule has 0 fully saturated rings. The van der Waals surface area contributed by atoms with E-state index in [-0.39, 0.29) is 29.2 Å². The van der Waals surface area contributed by atoms with Crippen molar-refractivity contribution in [2.45, 2.75) is 63.1 Å². The first-order valence-corrected chi connectivity index (χ1v) is 10.2. The Morgan fingerprint density at radius 2 is 1.96 bits per heavy atom. The van der Waals surface area contributed by atoms with Crippen LogP contribution in [0.3, 0.4) is 0 Å². The van der Waals surface area contributed by atoms with Gasteiger partial charge in [0.05, 0.1) is 10.1 Å². The maximum absolute atomic E-state index is 12.8. The van der Waals surface area contributed by atoms with Gasteiger partial charge in [-0.1, -0.05) is 6.92 Å². The van der Waals surface area contributed by atoms with Gasteiger partial charge in [-0.2, -0.15) is 0 Å². The first-order chi connectivity index (χ1) is 11.7. The molecule has 1 N–H and O–H groups in total. The lowest BCUT2D eigenvalue weighted by Crippen LogP contribution is -2.35. The number of benzene rings is 1. The predicted molar refractivity (Wildman–Crippen MR) is 97.3 cm³/mol. The molecule has 2 rings (SSSR count). The normalized spacial score (nSPS) is 16.2. The Kier molecular flexibility index (Phi) is 5.87. The Morgan fingerprint density at radius 3 is 2.56 bits per heavy atom. The van der Waals surface area contributed by atoms with Crippen molar-refractivity contribution in [3.63, 3.8) is 0 Å². The van der Waals surface area contributed by atoms with Gasteiger partial charge in [-0.15, -0.1) is 0 Å². The zero-order valence-corrected chi connectivity index (χ0v) is 16.0. The number of rotatable bonds is 6. The average molecular weight is 366 g/mol. The lowest BCUT2D eigenvalue weighted by atomic mass is 10.2. The first-order valence-electron chi connectivity index (χ1n) is 8.61. The molecule has 1 aromatic rings. The summed E-state index contributed by atoms with van der Waals surface area (Å²) < 4.78 is 25.6. The van der Waals surface area contributed by atoms with Crippen LogP contribution >= 0.6 is 0 Å². The predicted octanol–water partition coefficient (Wildman–Crippen LogP) is 2.06. The molecule has 1 heterocycles. The Morgan fingerprint density at radius 1 is 1.28 bits per heavy atom. The van der Waals surface area contributed by atoms with Crippen LogP contribution in [-0.2, 0) is 25.8 Å². The summed E-state index contributed by atoms with van der Waals surface area (Å²) in [5.74, 6) is -0.307. The molecule has 138 valence electrons. The average Bonchev–Trinajstić information content (AvgIpc) is 2.97. The number of carbonyl (C=O) groups is 2. The number of nitrogens with one attached hydrogen (secondary N) is 1. The smallest absolute Gasteiger partial charge is 0.223 e. The van der Waals surface area contributed by atoms with E-state index in [2.05, 4.69) is 5.32 Å². The van der Waals surface area contributed by atoms with Gasteiger partial charge >= 0.3 is 0 Å². The van der Waals surface area contributed by atoms with E-state index in [1.807, 2.05) is 13.8 Å². The van der Waals surface area contributed by atoms with E-state index in [4.69, 9.17) is 0 Å². The maximum Gasteiger partial charge on any atom is 0.223 e. The molecule has 1 aliphatic rings. The van der Waals surface area contributed by atoms with E-state index in [1.54, 1.807) is 24.0 Å². The van der Waals surface area contributed by atoms with Gasteiger partial charge in [0.2, 0.25) is 11.8 Å². The first kappa shape index (κ1) is 19.4. The number of fused-ring (bicyclic) bond motifs is 1. The highest BCUT2D eigenvalue weighted by Gasteiger charge is 2.29. The molecule has 0 unspecified atom stereocenters. The minimum absolute atomic E-state index is 0.0277. The van der Waals surface area contributed by atoms with Gasteiger partial charge in [0.15, 0.2) is 9.84 Å². The van der Waals surface area contributed by atoms with Crippen molar-refractivity contribution in [2.24, 2.45) is 0 Å². The monoisotopic (exact) mass is 366 g/mol. The second-order valence-corrected chi connectivity index (χ2v) is 9.01. The molecule has 0 radical (unpaired) electrons. The Bertz CT molecular complexity index is 773. The topological polar surface area (TPSA) is 83.6 Å². The van der Waals surface area contributed by atoms with Crippen LogP contribution in [0.4, 0.5) is 5.69 Å². The van der Waals surface area contributed by atoms with Crippen molar-refractivity contribution in [3.8, 4) is 0 Å². The van der Waals surface area contributed by atoms with E-state index in [0.717, 1.165) is 17.7 Å². The van der Waals surface area contributed by atoms with Crippen molar-refractivity contribution in [2.75, 3.05) is 11.4 Å². The lowest BCUT2D eigenvalue weighted by Gasteiger charge is -2.17. The van der Waals surface area contributed by atoms with Gasteiger partial charge < -0.3 is 10.2 Å². The van der Waals surface area contributed by atoms with E-state index in [1.165, 1.54) is 13.0 Å². The molecule has 0 saturated heterocycles. The summed E-state index contributed by atoms with van der Waals surface area (Å²) in [7, 11) is -3.60. The quantitative estimate of drug-likeness (QED) is 0.835. The number of amides is 2. The minimum Gasteiger partial charge on any atom is -0.354 e. The van der Waals surface area contributed by atoms with Gasteiger partial charge in [0.25, 0.3) is 0 Å². The number of hydrogen-bond acceptors (Lipinski definition) is 4. The fourth-order valence-corrected chi connectivity index (χ4v) is 4.32. The molecule has 6 nitrogen and oxygen atoms in total. The van der Waals surface area contributed by atoms with Crippen molar-refractivity contribution < 1.29 is 18.0 Å². The van der Waals surface area contributed by atoms with Crippen LogP contribution in [0.5, 0.6) is 0 Å². The summed E-state index contributed by atoms with van der Waals surface area (Å²) >= 11 is 0. The Hall–Kier alpha value is -1.89. The number of carbonyl (C=O) groups excluding carboxylic acids is 2. The van der Waals surface area contributed by atoms with Crippen LogP contribution in [0, 0.1) is 0 Å². The van der Waals surface area contributed by atoms with Crippen LogP contribution in [0.25, 0.3) is 0 Å². The second-order valence-electron chi connectivity index (χ2n) is 6.65. The molecule has 2 amide bonds. The highest BCUT2D eigenvalue weighted by Crippen LogP contribution is 2.31. The summed E-state index contributed by atoms with van der Waals surface area (Å²) in [6, 6.07) is 4.87. The maximum atomic E-state index is 12.8. The zero-order valence-electron chi connectivity index (χ0n) is 15.2.